The highest BCUT2D eigenvalue weighted by molar-refractivity contribution is 5.85. The fraction of sp³-hybridized carbons (Fsp3) is 0.263. The van der Waals surface area contributed by atoms with Crippen LogP contribution in [0.25, 0.3) is 0 Å². The molecule has 0 saturated carbocycles. The van der Waals surface area contributed by atoms with Gasteiger partial charge in [0.2, 0.25) is 11.8 Å². The molecule has 2 aromatic carbocycles. The molecule has 0 heterocycles. The number of amides is 2. The van der Waals surface area contributed by atoms with E-state index in [0.29, 0.717) is 13.0 Å². The van der Waals surface area contributed by atoms with Gasteiger partial charge in [0.25, 0.3) is 0 Å². The van der Waals surface area contributed by atoms with Gasteiger partial charge in [0.1, 0.15) is 5.82 Å². The maximum absolute atomic E-state index is 12.8. The van der Waals surface area contributed by atoms with Gasteiger partial charge in [-0.05, 0) is 36.6 Å². The predicted molar refractivity (Wildman–Crippen MR) is 91.0 cm³/mol. The number of hydrogen-bond acceptors (Lipinski definition) is 2. The molecular weight excluding hydrogens is 307 g/mol. The Labute approximate surface area is 141 Å². The van der Waals surface area contributed by atoms with Crippen LogP contribution in [0.15, 0.2) is 48.5 Å². The Bertz CT molecular complexity index is 682. The highest BCUT2D eigenvalue weighted by atomic mass is 19.1. The zero-order valence-corrected chi connectivity index (χ0v) is 13.6. The van der Waals surface area contributed by atoms with Gasteiger partial charge >= 0.3 is 0 Å². The van der Waals surface area contributed by atoms with E-state index in [-0.39, 0.29) is 30.6 Å². The largest absolute Gasteiger partial charge is 0.354 e. The maximum Gasteiger partial charge on any atom is 0.239 e. The summed E-state index contributed by atoms with van der Waals surface area (Å²) in [5.74, 6) is -0.707. The van der Waals surface area contributed by atoms with Gasteiger partial charge in [0.15, 0.2) is 0 Å². The molecule has 0 fully saturated rings. The Morgan fingerprint density at radius 2 is 1.50 bits per heavy atom. The highest BCUT2D eigenvalue weighted by Gasteiger charge is 2.06. The molecule has 0 spiro atoms. The van der Waals surface area contributed by atoms with Crippen LogP contribution in [0.2, 0.25) is 0 Å². The van der Waals surface area contributed by atoms with Crippen molar-refractivity contribution in [2.45, 2.75) is 19.8 Å². The Balaban J connectivity index is 1.64. The monoisotopic (exact) mass is 328 g/mol. The van der Waals surface area contributed by atoms with Crippen LogP contribution in [0.5, 0.6) is 0 Å². The summed E-state index contributed by atoms with van der Waals surface area (Å²) < 4.78 is 12.8. The second-order valence-electron chi connectivity index (χ2n) is 5.67. The first-order valence-electron chi connectivity index (χ1n) is 7.86. The van der Waals surface area contributed by atoms with Crippen LogP contribution in [0.1, 0.15) is 16.7 Å². The molecule has 24 heavy (non-hydrogen) atoms. The van der Waals surface area contributed by atoms with E-state index in [4.69, 9.17) is 0 Å². The van der Waals surface area contributed by atoms with E-state index >= 15 is 0 Å². The van der Waals surface area contributed by atoms with Gasteiger partial charge in [-0.2, -0.15) is 0 Å². The van der Waals surface area contributed by atoms with Crippen LogP contribution in [-0.2, 0) is 22.4 Å². The molecule has 0 unspecified atom stereocenters. The van der Waals surface area contributed by atoms with Crippen molar-refractivity contribution >= 4 is 11.8 Å². The second-order valence-corrected chi connectivity index (χ2v) is 5.67. The Morgan fingerprint density at radius 1 is 0.875 bits per heavy atom. The number of nitrogens with one attached hydrogen (secondary N) is 2. The molecule has 5 heteroatoms. The summed E-state index contributed by atoms with van der Waals surface area (Å²) in [4.78, 5) is 23.5. The summed E-state index contributed by atoms with van der Waals surface area (Å²) in [7, 11) is 0. The van der Waals surface area contributed by atoms with Crippen molar-refractivity contribution in [2.24, 2.45) is 0 Å². The van der Waals surface area contributed by atoms with Crippen molar-refractivity contribution in [3.05, 3.63) is 71.0 Å². The lowest BCUT2D eigenvalue weighted by atomic mass is 10.1. The van der Waals surface area contributed by atoms with E-state index in [1.807, 2.05) is 31.2 Å². The number of carbonyl (C=O) groups is 2. The number of aryl methyl sites for hydroxylation is 1. The van der Waals surface area contributed by atoms with E-state index in [0.717, 1.165) is 16.7 Å². The summed E-state index contributed by atoms with van der Waals surface area (Å²) in [6.07, 6.45) is 0.868. The molecule has 0 bridgehead atoms. The standard InChI is InChI=1S/C19H21FN2O2/c1-14-2-4-16(5-3-14)12-18(23)22-13-19(24)21-11-10-15-6-8-17(20)9-7-15/h2-9H,10-13H2,1H3,(H,21,24)(H,22,23). The molecule has 0 atom stereocenters. The molecule has 2 N–H and O–H groups in total. The van der Waals surface area contributed by atoms with E-state index in [1.54, 1.807) is 12.1 Å². The molecule has 0 aliphatic heterocycles. The number of carbonyl (C=O) groups excluding carboxylic acids is 2. The minimum absolute atomic E-state index is 0.0475. The van der Waals surface area contributed by atoms with Crippen molar-refractivity contribution in [3.63, 3.8) is 0 Å². The summed E-state index contributed by atoms with van der Waals surface area (Å²) in [5.41, 5.74) is 3.00. The molecule has 4 nitrogen and oxygen atoms in total. The van der Waals surface area contributed by atoms with E-state index in [1.165, 1.54) is 12.1 Å². The van der Waals surface area contributed by atoms with Crippen LogP contribution in [0, 0.1) is 12.7 Å². The SMILES string of the molecule is Cc1ccc(CC(=O)NCC(=O)NCCc2ccc(F)cc2)cc1. The van der Waals surface area contributed by atoms with Gasteiger partial charge < -0.3 is 10.6 Å². The lowest BCUT2D eigenvalue weighted by molar-refractivity contribution is -0.125. The molecular formula is C19H21FN2O2. The smallest absolute Gasteiger partial charge is 0.239 e. The topological polar surface area (TPSA) is 58.2 Å². The lowest BCUT2D eigenvalue weighted by Gasteiger charge is -2.07. The lowest BCUT2D eigenvalue weighted by Crippen LogP contribution is -2.38. The minimum Gasteiger partial charge on any atom is -0.354 e. The first-order chi connectivity index (χ1) is 11.5. The van der Waals surface area contributed by atoms with Crippen LogP contribution in [-0.4, -0.2) is 24.9 Å². The van der Waals surface area contributed by atoms with Gasteiger partial charge in [-0.15, -0.1) is 0 Å². The summed E-state index contributed by atoms with van der Waals surface area (Å²) >= 11 is 0. The highest BCUT2D eigenvalue weighted by Crippen LogP contribution is 2.04. The van der Waals surface area contributed by atoms with E-state index in [2.05, 4.69) is 10.6 Å². The molecule has 0 aromatic heterocycles. The predicted octanol–water partition coefficient (Wildman–Crippen LogP) is 2.15. The number of hydrogen-bond donors (Lipinski definition) is 2. The fourth-order valence-electron chi connectivity index (χ4n) is 2.19. The molecule has 2 amide bonds. The first-order valence-corrected chi connectivity index (χ1v) is 7.86. The van der Waals surface area contributed by atoms with Crippen molar-refractivity contribution in [3.8, 4) is 0 Å². The summed E-state index contributed by atoms with van der Waals surface area (Å²) in [6.45, 7) is 2.38. The maximum atomic E-state index is 12.8. The third-order valence-corrected chi connectivity index (χ3v) is 3.58. The first kappa shape index (κ1) is 17.7. The van der Waals surface area contributed by atoms with Crippen molar-refractivity contribution < 1.29 is 14.0 Å². The zero-order valence-electron chi connectivity index (χ0n) is 13.6. The average Bonchev–Trinajstić information content (AvgIpc) is 2.57. The van der Waals surface area contributed by atoms with Crippen LogP contribution in [0.3, 0.4) is 0 Å². The molecule has 2 rings (SSSR count). The van der Waals surface area contributed by atoms with Gasteiger partial charge in [-0.25, -0.2) is 4.39 Å². The zero-order chi connectivity index (χ0) is 17.4. The van der Waals surface area contributed by atoms with E-state index < -0.39 is 0 Å². The number of halogens is 1. The van der Waals surface area contributed by atoms with Crippen LogP contribution < -0.4 is 10.6 Å². The minimum atomic E-state index is -0.279. The van der Waals surface area contributed by atoms with Crippen molar-refractivity contribution in [1.29, 1.82) is 0 Å². The molecule has 126 valence electrons. The van der Waals surface area contributed by atoms with Gasteiger partial charge in [0.05, 0.1) is 13.0 Å². The fourth-order valence-corrected chi connectivity index (χ4v) is 2.19. The Morgan fingerprint density at radius 3 is 2.17 bits per heavy atom. The Kier molecular flexibility index (Phi) is 6.49. The van der Waals surface area contributed by atoms with Gasteiger partial charge in [0, 0.05) is 6.54 Å². The molecule has 0 aliphatic carbocycles. The molecule has 0 saturated heterocycles. The summed E-state index contributed by atoms with van der Waals surface area (Å²) in [6, 6.07) is 13.9. The normalized spacial score (nSPS) is 10.2. The molecule has 0 aliphatic rings. The van der Waals surface area contributed by atoms with E-state index in [9.17, 15) is 14.0 Å². The third-order valence-electron chi connectivity index (χ3n) is 3.58. The van der Waals surface area contributed by atoms with Gasteiger partial charge in [-0.3, -0.25) is 9.59 Å². The van der Waals surface area contributed by atoms with Crippen molar-refractivity contribution in [2.75, 3.05) is 13.1 Å². The number of benzene rings is 2. The quantitative estimate of drug-likeness (QED) is 0.818. The summed E-state index contributed by atoms with van der Waals surface area (Å²) in [5, 5.41) is 5.33. The average molecular weight is 328 g/mol. The van der Waals surface area contributed by atoms with Crippen LogP contribution >= 0.6 is 0 Å². The molecule has 2 aromatic rings. The van der Waals surface area contributed by atoms with Crippen LogP contribution in [0.4, 0.5) is 4.39 Å². The molecule has 0 radical (unpaired) electrons. The van der Waals surface area contributed by atoms with Crippen molar-refractivity contribution in [1.82, 2.24) is 10.6 Å². The third kappa shape index (κ3) is 6.20. The second kappa shape index (κ2) is 8.82. The number of rotatable bonds is 7. The Hall–Kier alpha value is -2.69. The van der Waals surface area contributed by atoms with Gasteiger partial charge in [-0.1, -0.05) is 42.0 Å².